The van der Waals surface area contributed by atoms with Crippen LogP contribution in [0.3, 0.4) is 0 Å². The minimum atomic E-state index is 0.0653. The van der Waals surface area contributed by atoms with Gasteiger partial charge in [-0.15, -0.1) is 0 Å². The number of rotatable bonds is 4. The van der Waals surface area contributed by atoms with E-state index in [2.05, 4.69) is 20.6 Å². The van der Waals surface area contributed by atoms with Crippen molar-refractivity contribution < 1.29 is 4.42 Å². The summed E-state index contributed by atoms with van der Waals surface area (Å²) in [6, 6.07) is 2.09. The summed E-state index contributed by atoms with van der Waals surface area (Å²) in [6.07, 6.45) is 1.44. The third-order valence-electron chi connectivity index (χ3n) is 2.95. The Bertz CT molecular complexity index is 582. The molecule has 0 aliphatic heterocycles. The van der Waals surface area contributed by atoms with Crippen LogP contribution in [0, 0.1) is 13.8 Å². The molecule has 0 radical (unpaired) electrons. The molecule has 0 saturated heterocycles. The lowest BCUT2D eigenvalue weighted by Gasteiger charge is -2.16. The first-order valence-corrected chi connectivity index (χ1v) is 6.42. The molecule has 0 amide bonds. The fraction of sp³-hybridized carbons (Fsp3) is 0.385. The Labute approximate surface area is 117 Å². The number of hydrogen-bond acceptors (Lipinski definition) is 5. The number of halogens is 1. The number of nitrogens with zero attached hydrogens (tertiary/aromatic N) is 2. The van der Waals surface area contributed by atoms with Crippen LogP contribution < -0.4 is 10.6 Å². The van der Waals surface area contributed by atoms with E-state index < -0.39 is 0 Å². The van der Waals surface area contributed by atoms with E-state index in [1.807, 2.05) is 26.8 Å². The van der Waals surface area contributed by atoms with Crippen molar-refractivity contribution in [2.24, 2.45) is 0 Å². The number of furan rings is 1. The molecule has 19 heavy (non-hydrogen) atoms. The fourth-order valence-electron chi connectivity index (χ4n) is 2.06. The van der Waals surface area contributed by atoms with Crippen LogP contribution >= 0.6 is 11.6 Å². The lowest BCUT2D eigenvalue weighted by molar-refractivity contribution is 0.500. The van der Waals surface area contributed by atoms with Gasteiger partial charge in [0.05, 0.1) is 6.04 Å². The molecule has 1 unspecified atom stereocenters. The molecule has 0 aliphatic rings. The molecule has 2 N–H and O–H groups in total. The van der Waals surface area contributed by atoms with Crippen molar-refractivity contribution in [3.63, 3.8) is 0 Å². The van der Waals surface area contributed by atoms with E-state index in [-0.39, 0.29) is 6.04 Å². The van der Waals surface area contributed by atoms with Crippen LogP contribution in [0.1, 0.15) is 30.0 Å². The number of nitrogens with one attached hydrogen (secondary N) is 2. The first kappa shape index (κ1) is 13.7. The summed E-state index contributed by atoms with van der Waals surface area (Å²) >= 11 is 6.02. The number of hydrogen-bond donors (Lipinski definition) is 2. The van der Waals surface area contributed by atoms with Crippen molar-refractivity contribution in [3.05, 3.63) is 34.6 Å². The van der Waals surface area contributed by atoms with Crippen LogP contribution in [-0.4, -0.2) is 17.0 Å². The molecule has 102 valence electrons. The Morgan fingerprint density at radius 3 is 2.63 bits per heavy atom. The number of aryl methyl sites for hydroxylation is 2. The number of anilines is 2. The van der Waals surface area contributed by atoms with Crippen molar-refractivity contribution in [1.82, 2.24) is 9.97 Å². The zero-order chi connectivity index (χ0) is 14.0. The summed E-state index contributed by atoms with van der Waals surface area (Å²) in [5, 5.41) is 6.71. The summed E-state index contributed by atoms with van der Waals surface area (Å²) in [6.45, 7) is 5.93. The maximum absolute atomic E-state index is 6.02. The zero-order valence-corrected chi connectivity index (χ0v) is 12.2. The van der Waals surface area contributed by atoms with Gasteiger partial charge >= 0.3 is 0 Å². The van der Waals surface area contributed by atoms with Crippen molar-refractivity contribution in [2.45, 2.75) is 26.8 Å². The lowest BCUT2D eigenvalue weighted by atomic mass is 10.1. The molecular formula is C13H17ClN4O. The van der Waals surface area contributed by atoms with Gasteiger partial charge in [0.1, 0.15) is 23.5 Å². The second-order valence-corrected chi connectivity index (χ2v) is 4.73. The second kappa shape index (κ2) is 5.48. The van der Waals surface area contributed by atoms with Crippen LogP contribution in [0.4, 0.5) is 11.5 Å². The fourth-order valence-corrected chi connectivity index (χ4v) is 2.29. The predicted octanol–water partition coefficient (Wildman–Crippen LogP) is 3.55. The maximum Gasteiger partial charge on any atom is 0.157 e. The minimum absolute atomic E-state index is 0.0653. The molecule has 1 atom stereocenters. The molecule has 0 aliphatic carbocycles. The van der Waals surface area contributed by atoms with Gasteiger partial charge in [-0.1, -0.05) is 11.6 Å². The molecule has 0 aromatic carbocycles. The van der Waals surface area contributed by atoms with Crippen LogP contribution in [-0.2, 0) is 0 Å². The first-order chi connectivity index (χ1) is 9.02. The third kappa shape index (κ3) is 2.81. The Balaban J connectivity index is 2.26. The lowest BCUT2D eigenvalue weighted by Crippen LogP contribution is -2.10. The molecule has 0 spiro atoms. The Hall–Kier alpha value is -1.75. The standard InChI is InChI=1S/C13H17ClN4O/c1-7-5-10(9(3)19-7)8(2)18-13-11(15-4)12(14)16-6-17-13/h5-6,8,15H,1-4H3,(H,16,17,18). The predicted molar refractivity (Wildman–Crippen MR) is 76.8 cm³/mol. The monoisotopic (exact) mass is 280 g/mol. The Kier molecular flexibility index (Phi) is 3.95. The average Bonchev–Trinajstić information content (AvgIpc) is 2.69. The highest BCUT2D eigenvalue weighted by Gasteiger charge is 2.16. The second-order valence-electron chi connectivity index (χ2n) is 4.37. The Morgan fingerprint density at radius 2 is 2.05 bits per heavy atom. The van der Waals surface area contributed by atoms with E-state index in [0.29, 0.717) is 16.7 Å². The van der Waals surface area contributed by atoms with E-state index >= 15 is 0 Å². The molecule has 0 saturated carbocycles. The van der Waals surface area contributed by atoms with Crippen molar-refractivity contribution in [3.8, 4) is 0 Å². The van der Waals surface area contributed by atoms with Crippen LogP contribution in [0.25, 0.3) is 0 Å². The summed E-state index contributed by atoms with van der Waals surface area (Å²) in [5.41, 5.74) is 1.79. The quantitative estimate of drug-likeness (QED) is 0.839. The van der Waals surface area contributed by atoms with Crippen LogP contribution in [0.2, 0.25) is 5.15 Å². The van der Waals surface area contributed by atoms with E-state index in [4.69, 9.17) is 16.0 Å². The minimum Gasteiger partial charge on any atom is -0.466 e. The molecule has 0 bridgehead atoms. The van der Waals surface area contributed by atoms with Gasteiger partial charge in [-0.05, 0) is 26.8 Å². The highest BCUT2D eigenvalue weighted by molar-refractivity contribution is 6.32. The van der Waals surface area contributed by atoms with Crippen LogP contribution in [0.5, 0.6) is 0 Å². The van der Waals surface area contributed by atoms with Crippen molar-refractivity contribution in [1.29, 1.82) is 0 Å². The van der Waals surface area contributed by atoms with E-state index in [9.17, 15) is 0 Å². The third-order valence-corrected chi connectivity index (χ3v) is 3.24. The Morgan fingerprint density at radius 1 is 1.32 bits per heavy atom. The first-order valence-electron chi connectivity index (χ1n) is 6.04. The molecule has 2 aromatic heterocycles. The maximum atomic E-state index is 6.02. The SMILES string of the molecule is CNc1c(Cl)ncnc1NC(C)c1cc(C)oc1C. The van der Waals surface area contributed by atoms with Gasteiger partial charge in [0.15, 0.2) is 11.0 Å². The molecule has 2 heterocycles. The summed E-state index contributed by atoms with van der Waals surface area (Å²) in [7, 11) is 1.79. The van der Waals surface area contributed by atoms with E-state index in [0.717, 1.165) is 17.1 Å². The molecule has 5 nitrogen and oxygen atoms in total. The summed E-state index contributed by atoms with van der Waals surface area (Å²) in [4.78, 5) is 8.16. The smallest absolute Gasteiger partial charge is 0.157 e. The van der Waals surface area contributed by atoms with E-state index in [1.165, 1.54) is 6.33 Å². The van der Waals surface area contributed by atoms with Gasteiger partial charge < -0.3 is 15.1 Å². The summed E-state index contributed by atoms with van der Waals surface area (Å²) in [5.74, 6) is 2.48. The van der Waals surface area contributed by atoms with Gasteiger partial charge in [-0.25, -0.2) is 9.97 Å². The van der Waals surface area contributed by atoms with Crippen molar-refractivity contribution >= 4 is 23.1 Å². The van der Waals surface area contributed by atoms with Gasteiger partial charge in [-0.3, -0.25) is 0 Å². The molecule has 2 aromatic rings. The zero-order valence-electron chi connectivity index (χ0n) is 11.4. The van der Waals surface area contributed by atoms with Crippen LogP contribution in [0.15, 0.2) is 16.8 Å². The van der Waals surface area contributed by atoms with Gasteiger partial charge in [0.25, 0.3) is 0 Å². The molecule has 2 rings (SSSR count). The highest BCUT2D eigenvalue weighted by atomic mass is 35.5. The largest absolute Gasteiger partial charge is 0.466 e. The topological polar surface area (TPSA) is 63.0 Å². The van der Waals surface area contributed by atoms with Gasteiger partial charge in [-0.2, -0.15) is 0 Å². The van der Waals surface area contributed by atoms with Gasteiger partial charge in [0, 0.05) is 12.6 Å². The van der Waals surface area contributed by atoms with E-state index in [1.54, 1.807) is 7.05 Å². The summed E-state index contributed by atoms with van der Waals surface area (Å²) < 4.78 is 5.54. The highest BCUT2D eigenvalue weighted by Crippen LogP contribution is 2.30. The van der Waals surface area contributed by atoms with Gasteiger partial charge in [0.2, 0.25) is 0 Å². The van der Waals surface area contributed by atoms with Crippen molar-refractivity contribution in [2.75, 3.05) is 17.7 Å². The number of aromatic nitrogens is 2. The molecular weight excluding hydrogens is 264 g/mol. The normalized spacial score (nSPS) is 12.3. The molecule has 0 fully saturated rings. The average molecular weight is 281 g/mol. The molecule has 6 heteroatoms.